The topological polar surface area (TPSA) is 0 Å². The Kier molecular flexibility index (Phi) is 4.88. The Bertz CT molecular complexity index is 356. The van der Waals surface area contributed by atoms with Crippen LogP contribution in [-0.2, 0) is 15.0 Å². The minimum absolute atomic E-state index is 0.920. The van der Waals surface area contributed by atoms with Crippen molar-refractivity contribution in [3.63, 3.8) is 0 Å². The van der Waals surface area contributed by atoms with Crippen LogP contribution in [0.1, 0.15) is 52.4 Å². The number of allylic oxidation sites excluding steroid dienone is 8. The Labute approximate surface area is 112 Å². The molecule has 0 aromatic carbocycles. The van der Waals surface area contributed by atoms with E-state index in [1.165, 1.54) is 38.5 Å². The van der Waals surface area contributed by atoms with Crippen LogP contribution in [0.2, 0.25) is 0 Å². The Balaban J connectivity index is 2.06. The molecule has 0 nitrogen and oxygen atoms in total. The summed E-state index contributed by atoms with van der Waals surface area (Å²) >= 11 is 0.920. The fraction of sp³-hybridized carbons (Fsp3) is 0.500. The maximum absolute atomic E-state index is 2.36. The van der Waals surface area contributed by atoms with Crippen LogP contribution in [0.5, 0.6) is 0 Å². The molecule has 0 aliphatic heterocycles. The normalized spacial score (nSPS) is 18.9. The fourth-order valence-corrected chi connectivity index (χ4v) is 4.19. The van der Waals surface area contributed by atoms with E-state index in [0.29, 0.717) is 0 Å². The van der Waals surface area contributed by atoms with Crippen molar-refractivity contribution >= 4 is 0 Å². The number of hydrogen-bond acceptors (Lipinski definition) is 0. The van der Waals surface area contributed by atoms with Crippen LogP contribution in [0, 0.1) is 0 Å². The summed E-state index contributed by atoms with van der Waals surface area (Å²) in [6.45, 7) is 4.55. The van der Waals surface area contributed by atoms with Gasteiger partial charge in [0.15, 0.2) is 0 Å². The van der Waals surface area contributed by atoms with Gasteiger partial charge in [0.05, 0.1) is 0 Å². The van der Waals surface area contributed by atoms with Gasteiger partial charge in [-0.15, -0.1) is 0 Å². The van der Waals surface area contributed by atoms with Gasteiger partial charge in [-0.05, 0) is 0 Å². The standard InChI is InChI=1S/2C8H11.Mn/c2*1-2-5-8-6-3-4-7-8;/h2*3,6H,2,4-5H2,1H3;. The van der Waals surface area contributed by atoms with E-state index in [0.717, 1.165) is 15.0 Å². The average molecular weight is 269 g/mol. The maximum atomic E-state index is 2.36. The summed E-state index contributed by atoms with van der Waals surface area (Å²) in [5.41, 5.74) is 3.26. The van der Waals surface area contributed by atoms with Crippen molar-refractivity contribution < 1.29 is 15.0 Å². The molecular weight excluding hydrogens is 247 g/mol. The molecule has 1 heteroatoms. The first-order valence-corrected chi connectivity index (χ1v) is 7.95. The molecular formula is C16H22Mn. The zero-order valence-electron chi connectivity index (χ0n) is 10.9. The predicted octanol–water partition coefficient (Wildman–Crippen LogP) is 5.10. The van der Waals surface area contributed by atoms with Crippen molar-refractivity contribution in [3.05, 3.63) is 44.4 Å². The third-order valence-electron chi connectivity index (χ3n) is 3.20. The van der Waals surface area contributed by atoms with Gasteiger partial charge in [-0.2, -0.15) is 0 Å². The van der Waals surface area contributed by atoms with Crippen molar-refractivity contribution in [1.82, 2.24) is 0 Å². The van der Waals surface area contributed by atoms with E-state index < -0.39 is 0 Å². The summed E-state index contributed by atoms with van der Waals surface area (Å²) in [4.78, 5) is 0. The van der Waals surface area contributed by atoms with E-state index in [4.69, 9.17) is 0 Å². The zero-order valence-corrected chi connectivity index (χ0v) is 12.1. The molecule has 0 N–H and O–H groups in total. The van der Waals surface area contributed by atoms with Crippen molar-refractivity contribution in [2.24, 2.45) is 0 Å². The third kappa shape index (κ3) is 3.24. The molecule has 2 aliphatic carbocycles. The summed E-state index contributed by atoms with van der Waals surface area (Å²) in [5, 5.41) is 0. The van der Waals surface area contributed by atoms with E-state index in [2.05, 4.69) is 38.2 Å². The molecule has 0 spiro atoms. The van der Waals surface area contributed by atoms with Crippen molar-refractivity contribution in [2.75, 3.05) is 0 Å². The van der Waals surface area contributed by atoms with Gasteiger partial charge in [0.25, 0.3) is 0 Å². The first kappa shape index (κ1) is 12.9. The van der Waals surface area contributed by atoms with Crippen LogP contribution in [0.3, 0.4) is 0 Å². The molecule has 0 amide bonds. The summed E-state index contributed by atoms with van der Waals surface area (Å²) in [5.74, 6) is 0. The Morgan fingerprint density at radius 2 is 1.35 bits per heavy atom. The monoisotopic (exact) mass is 269 g/mol. The fourth-order valence-electron chi connectivity index (χ4n) is 2.37. The van der Waals surface area contributed by atoms with Gasteiger partial charge in [-0.3, -0.25) is 0 Å². The number of hydrogen-bond donors (Lipinski definition) is 0. The zero-order chi connectivity index (χ0) is 12.1. The second-order valence-corrected chi connectivity index (χ2v) is 6.39. The molecule has 0 aromatic rings. The van der Waals surface area contributed by atoms with Gasteiger partial charge >= 0.3 is 112 Å². The van der Waals surface area contributed by atoms with E-state index in [1.807, 2.05) is 0 Å². The first-order valence-electron chi connectivity index (χ1n) is 6.77. The molecule has 0 radical (unpaired) electrons. The van der Waals surface area contributed by atoms with Crippen LogP contribution in [0.15, 0.2) is 44.4 Å². The SMILES string of the molecule is CCCC1=[C]([Mn][C]2=C(CCC)C=CC2)CC=C1. The van der Waals surface area contributed by atoms with Crippen molar-refractivity contribution in [1.29, 1.82) is 0 Å². The second kappa shape index (κ2) is 6.42. The van der Waals surface area contributed by atoms with Crippen LogP contribution in [0.25, 0.3) is 0 Å². The summed E-state index contributed by atoms with van der Waals surface area (Å²) in [6.07, 6.45) is 16.9. The molecule has 0 saturated carbocycles. The average Bonchev–Trinajstić information content (AvgIpc) is 2.92. The van der Waals surface area contributed by atoms with E-state index >= 15 is 0 Å². The summed E-state index contributed by atoms with van der Waals surface area (Å²) in [6, 6.07) is 0. The van der Waals surface area contributed by atoms with E-state index in [-0.39, 0.29) is 0 Å². The summed E-state index contributed by atoms with van der Waals surface area (Å²) in [7, 11) is 0. The minimum atomic E-state index is 0.920. The molecule has 2 aliphatic rings. The van der Waals surface area contributed by atoms with Gasteiger partial charge in [0, 0.05) is 0 Å². The van der Waals surface area contributed by atoms with Crippen molar-refractivity contribution in [3.8, 4) is 0 Å². The van der Waals surface area contributed by atoms with Crippen LogP contribution in [0.4, 0.5) is 0 Å². The molecule has 0 unspecified atom stereocenters. The van der Waals surface area contributed by atoms with Crippen LogP contribution in [-0.4, -0.2) is 0 Å². The van der Waals surface area contributed by atoms with Crippen LogP contribution < -0.4 is 0 Å². The third-order valence-corrected chi connectivity index (χ3v) is 5.15. The Morgan fingerprint density at radius 3 is 1.76 bits per heavy atom. The predicted molar refractivity (Wildman–Crippen MR) is 71.4 cm³/mol. The van der Waals surface area contributed by atoms with Crippen molar-refractivity contribution in [2.45, 2.75) is 52.4 Å². The van der Waals surface area contributed by atoms with Gasteiger partial charge in [-0.1, -0.05) is 0 Å². The molecule has 0 fully saturated rings. The molecule has 0 atom stereocenters. The summed E-state index contributed by atoms with van der Waals surface area (Å²) < 4.78 is 3.42. The quantitative estimate of drug-likeness (QED) is 0.589. The van der Waals surface area contributed by atoms with Gasteiger partial charge in [0.2, 0.25) is 0 Å². The Morgan fingerprint density at radius 1 is 0.882 bits per heavy atom. The molecule has 0 heterocycles. The second-order valence-electron chi connectivity index (χ2n) is 4.67. The molecule has 93 valence electrons. The first-order chi connectivity index (χ1) is 8.35. The van der Waals surface area contributed by atoms with E-state index in [9.17, 15) is 0 Å². The molecule has 0 saturated heterocycles. The molecule has 17 heavy (non-hydrogen) atoms. The molecule has 0 aromatic heterocycles. The van der Waals surface area contributed by atoms with Gasteiger partial charge < -0.3 is 0 Å². The van der Waals surface area contributed by atoms with E-state index in [1.54, 1.807) is 20.1 Å². The Hall–Kier alpha value is -0.521. The molecule has 0 bridgehead atoms. The molecule has 2 rings (SSSR count). The van der Waals surface area contributed by atoms with Gasteiger partial charge in [-0.25, -0.2) is 0 Å². The number of rotatable bonds is 6. The van der Waals surface area contributed by atoms with Gasteiger partial charge in [0.1, 0.15) is 0 Å². The van der Waals surface area contributed by atoms with Crippen LogP contribution >= 0.6 is 0 Å².